The number of hydrogen-bond donors (Lipinski definition) is 1. The Morgan fingerprint density at radius 2 is 1.83 bits per heavy atom. The zero-order valence-corrected chi connectivity index (χ0v) is 16.6. The molecular weight excluding hydrogens is 419 g/mol. The highest BCUT2D eigenvalue weighted by Crippen LogP contribution is 2.33. The minimum absolute atomic E-state index is 0.00956. The molecule has 0 unspecified atom stereocenters. The van der Waals surface area contributed by atoms with E-state index in [-0.39, 0.29) is 27.9 Å². The van der Waals surface area contributed by atoms with Gasteiger partial charge in [-0.25, -0.2) is 14.5 Å². The summed E-state index contributed by atoms with van der Waals surface area (Å²) in [5, 5.41) is 11.0. The monoisotopic (exact) mass is 432 g/mol. The summed E-state index contributed by atoms with van der Waals surface area (Å²) in [6.07, 6.45) is 0. The van der Waals surface area contributed by atoms with Crippen LogP contribution in [0.3, 0.4) is 0 Å². The van der Waals surface area contributed by atoms with E-state index in [4.69, 9.17) is 27.9 Å². The van der Waals surface area contributed by atoms with Crippen LogP contribution >= 0.6 is 23.2 Å². The Labute approximate surface area is 175 Å². The van der Waals surface area contributed by atoms with E-state index in [0.29, 0.717) is 4.90 Å². The molecule has 1 aliphatic heterocycles. The van der Waals surface area contributed by atoms with Gasteiger partial charge in [-0.3, -0.25) is 4.79 Å². The molecule has 0 aromatic heterocycles. The third-order valence-electron chi connectivity index (χ3n) is 3.95. The number of nitrogens with zero attached hydrogens (tertiary/aromatic N) is 2. The number of anilines is 1. The summed E-state index contributed by atoms with van der Waals surface area (Å²) in [4.78, 5) is 42.3. The molecule has 0 radical (unpaired) electrons. The van der Waals surface area contributed by atoms with E-state index in [1.807, 2.05) is 0 Å². The lowest BCUT2D eigenvalue weighted by Crippen LogP contribution is -2.35. The lowest BCUT2D eigenvalue weighted by Gasteiger charge is -2.15. The number of carbonyl (C=O) groups is 3. The van der Waals surface area contributed by atoms with Gasteiger partial charge in [0.05, 0.1) is 17.3 Å². The number of halogens is 2. The zero-order chi connectivity index (χ0) is 21.1. The first-order valence-corrected chi connectivity index (χ1v) is 9.19. The average Bonchev–Trinajstić information content (AvgIpc) is 2.98. The van der Waals surface area contributed by atoms with Crippen LogP contribution in [0.25, 0.3) is 5.76 Å². The number of imide groups is 1. The molecule has 0 bridgehead atoms. The Bertz CT molecular complexity index is 1060. The summed E-state index contributed by atoms with van der Waals surface area (Å²) in [5.41, 5.74) is -0.809. The Hall–Kier alpha value is -3.16. The van der Waals surface area contributed by atoms with Gasteiger partial charge in [0.2, 0.25) is 0 Å². The van der Waals surface area contributed by atoms with Gasteiger partial charge in [0, 0.05) is 10.6 Å². The largest absolute Gasteiger partial charge is 0.506 e. The first-order chi connectivity index (χ1) is 13.8. The van der Waals surface area contributed by atoms with Crippen molar-refractivity contribution in [2.45, 2.75) is 6.92 Å². The minimum atomic E-state index is -0.993. The van der Waals surface area contributed by atoms with Gasteiger partial charge in [0.15, 0.2) is 5.71 Å². The first kappa shape index (κ1) is 20.6. The molecule has 1 heterocycles. The lowest BCUT2D eigenvalue weighted by atomic mass is 10.0. The van der Waals surface area contributed by atoms with Crippen molar-refractivity contribution in [1.82, 2.24) is 0 Å². The molecule has 9 heteroatoms. The van der Waals surface area contributed by atoms with Crippen LogP contribution in [0.1, 0.15) is 12.5 Å². The highest BCUT2D eigenvalue weighted by Gasteiger charge is 2.41. The number of carbonyl (C=O) groups excluding carboxylic acids is 3. The summed E-state index contributed by atoms with van der Waals surface area (Å²) in [5.74, 6) is -2.47. The molecule has 0 spiro atoms. The number of urea groups is 1. The summed E-state index contributed by atoms with van der Waals surface area (Å²) < 4.78 is 4.96. The summed E-state index contributed by atoms with van der Waals surface area (Å²) in [7, 11) is 0. The van der Waals surface area contributed by atoms with Crippen molar-refractivity contribution in [3.8, 4) is 0 Å². The number of rotatable bonds is 5. The SMILES string of the molecule is CCOC(=O)C(C1=NC(=O)N(c2cc(Cl)ccc2Cl)C1=O)=C(O)c1ccccc1. The number of ether oxygens (including phenoxy) is 1. The van der Waals surface area contributed by atoms with Gasteiger partial charge in [-0.2, -0.15) is 4.99 Å². The topological polar surface area (TPSA) is 96.3 Å². The molecule has 148 valence electrons. The maximum absolute atomic E-state index is 13.0. The zero-order valence-electron chi connectivity index (χ0n) is 15.1. The van der Waals surface area contributed by atoms with E-state index in [2.05, 4.69) is 4.99 Å². The van der Waals surface area contributed by atoms with Crippen molar-refractivity contribution in [3.63, 3.8) is 0 Å². The number of benzene rings is 2. The fourth-order valence-corrected chi connectivity index (χ4v) is 3.04. The minimum Gasteiger partial charge on any atom is -0.506 e. The van der Waals surface area contributed by atoms with Crippen LogP contribution in [0, 0.1) is 0 Å². The van der Waals surface area contributed by atoms with Crippen LogP contribution in [0.4, 0.5) is 10.5 Å². The Morgan fingerprint density at radius 3 is 2.48 bits per heavy atom. The fourth-order valence-electron chi connectivity index (χ4n) is 2.67. The van der Waals surface area contributed by atoms with E-state index >= 15 is 0 Å². The highest BCUT2D eigenvalue weighted by atomic mass is 35.5. The van der Waals surface area contributed by atoms with E-state index in [9.17, 15) is 19.5 Å². The number of aliphatic hydroxyl groups is 1. The Morgan fingerprint density at radius 1 is 1.14 bits per heavy atom. The molecule has 0 fully saturated rings. The van der Waals surface area contributed by atoms with Gasteiger partial charge in [0.1, 0.15) is 11.3 Å². The third kappa shape index (κ3) is 4.01. The molecule has 29 heavy (non-hydrogen) atoms. The maximum Gasteiger partial charge on any atom is 0.356 e. The van der Waals surface area contributed by atoms with Crippen molar-refractivity contribution in [3.05, 3.63) is 69.7 Å². The maximum atomic E-state index is 13.0. The second-order valence-corrected chi connectivity index (χ2v) is 6.63. The van der Waals surface area contributed by atoms with Gasteiger partial charge >= 0.3 is 12.0 Å². The number of hydrogen-bond acceptors (Lipinski definition) is 5. The van der Waals surface area contributed by atoms with E-state index < -0.39 is 35.0 Å². The normalized spacial score (nSPS) is 14.6. The highest BCUT2D eigenvalue weighted by molar-refractivity contribution is 6.62. The van der Waals surface area contributed by atoms with Crippen LogP contribution < -0.4 is 4.90 Å². The van der Waals surface area contributed by atoms with Gasteiger partial charge in [-0.1, -0.05) is 53.5 Å². The molecule has 0 saturated heterocycles. The standard InChI is InChI=1S/C20H14Cl2N2O5/c1-2-29-19(27)15(17(25)11-6-4-3-5-7-11)16-18(26)24(20(28)23-16)14-10-12(21)8-9-13(14)22/h3-10,25H,2H2,1H3. The molecule has 0 atom stereocenters. The van der Waals surface area contributed by atoms with Gasteiger partial charge in [-0.05, 0) is 25.1 Å². The van der Waals surface area contributed by atoms with Gasteiger partial charge < -0.3 is 9.84 Å². The predicted molar refractivity (Wildman–Crippen MR) is 109 cm³/mol. The van der Waals surface area contributed by atoms with Crippen molar-refractivity contribution >= 4 is 58.3 Å². The van der Waals surface area contributed by atoms with Gasteiger partial charge in [0.25, 0.3) is 5.91 Å². The molecule has 0 aliphatic carbocycles. The number of amides is 3. The average molecular weight is 433 g/mol. The van der Waals surface area contributed by atoms with Crippen molar-refractivity contribution in [1.29, 1.82) is 0 Å². The molecular formula is C20H14Cl2N2O5. The molecule has 2 aromatic rings. The van der Waals surface area contributed by atoms with Crippen molar-refractivity contribution < 1.29 is 24.2 Å². The van der Waals surface area contributed by atoms with Crippen LogP contribution in [0.15, 0.2) is 59.1 Å². The van der Waals surface area contributed by atoms with Crippen LogP contribution in [-0.2, 0) is 14.3 Å². The molecule has 3 rings (SSSR count). The summed E-state index contributed by atoms with van der Waals surface area (Å²) in [6.45, 7) is 1.56. The first-order valence-electron chi connectivity index (χ1n) is 8.43. The predicted octanol–water partition coefficient (Wildman–Crippen LogP) is 4.43. The van der Waals surface area contributed by atoms with Crippen LogP contribution in [0.2, 0.25) is 10.0 Å². The van der Waals surface area contributed by atoms with Crippen LogP contribution in [-0.4, -0.2) is 35.3 Å². The molecule has 2 aromatic carbocycles. The third-order valence-corrected chi connectivity index (χ3v) is 4.51. The van der Waals surface area contributed by atoms with E-state index in [1.165, 1.54) is 30.3 Å². The Kier molecular flexibility index (Phi) is 6.00. The fraction of sp³-hybridized carbons (Fsp3) is 0.100. The van der Waals surface area contributed by atoms with Crippen molar-refractivity contribution in [2.75, 3.05) is 11.5 Å². The smallest absolute Gasteiger partial charge is 0.356 e. The number of aliphatic imine (C=N–C) groups is 1. The lowest BCUT2D eigenvalue weighted by molar-refractivity contribution is -0.138. The summed E-state index contributed by atoms with van der Waals surface area (Å²) in [6, 6.07) is 11.3. The molecule has 1 aliphatic rings. The van der Waals surface area contributed by atoms with Crippen molar-refractivity contribution in [2.24, 2.45) is 4.99 Å². The van der Waals surface area contributed by atoms with E-state index in [1.54, 1.807) is 25.1 Å². The second kappa shape index (κ2) is 8.46. The molecule has 1 N–H and O–H groups in total. The quantitative estimate of drug-likeness (QED) is 0.428. The van der Waals surface area contributed by atoms with Crippen LogP contribution in [0.5, 0.6) is 0 Å². The number of aliphatic hydroxyl groups excluding tert-OH is 1. The Balaban J connectivity index is 2.11. The second-order valence-electron chi connectivity index (χ2n) is 5.79. The summed E-state index contributed by atoms with van der Waals surface area (Å²) >= 11 is 12.0. The van der Waals surface area contributed by atoms with E-state index in [0.717, 1.165) is 0 Å². The molecule has 3 amide bonds. The van der Waals surface area contributed by atoms with Gasteiger partial charge in [-0.15, -0.1) is 0 Å². The molecule has 7 nitrogen and oxygen atoms in total. The number of esters is 1. The molecule has 0 saturated carbocycles.